The van der Waals surface area contributed by atoms with Gasteiger partial charge in [0.05, 0.1) is 19.4 Å². The predicted octanol–water partition coefficient (Wildman–Crippen LogP) is 2.81. The van der Waals surface area contributed by atoms with Gasteiger partial charge in [0.1, 0.15) is 0 Å². The first-order valence-corrected chi connectivity index (χ1v) is 5.04. The largest absolute Gasteiger partial charge is 0.357 e. The van der Waals surface area contributed by atoms with Crippen LogP contribution in [0, 0.1) is 0 Å². The summed E-state index contributed by atoms with van der Waals surface area (Å²) in [5, 5.41) is 0. The second kappa shape index (κ2) is 6.10. The molecule has 0 rings (SSSR count). The highest BCUT2D eigenvalue weighted by Gasteiger charge is 2.01. The number of rotatable bonds is 4. The summed E-state index contributed by atoms with van der Waals surface area (Å²) < 4.78 is 5.14. The third-order valence-corrected chi connectivity index (χ3v) is 3.33. The first-order valence-electron chi connectivity index (χ1n) is 2.35. The van der Waals surface area contributed by atoms with Gasteiger partial charge in [-0.1, -0.05) is 0 Å². The normalized spacial score (nSPS) is 10.5. The maximum absolute atomic E-state index is 5.47. The molecule has 0 unspecified atom stereocenters. The Morgan fingerprint density at radius 2 is 1.88 bits per heavy atom. The molecular weight excluding hydrogens is 166 g/mol. The van der Waals surface area contributed by atoms with E-state index in [0.717, 1.165) is 0 Å². The highest BCUT2D eigenvalue weighted by atomic mass is 35.5. The van der Waals surface area contributed by atoms with Crippen molar-refractivity contribution in [2.24, 2.45) is 0 Å². The molecule has 0 aliphatic rings. The fourth-order valence-corrected chi connectivity index (χ4v) is 2.03. The molecule has 0 atom stereocenters. The van der Waals surface area contributed by atoms with E-state index < -0.39 is 8.15 Å². The maximum Gasteiger partial charge on any atom is 0.0679 e. The van der Waals surface area contributed by atoms with Crippen molar-refractivity contribution in [2.75, 3.05) is 17.8 Å². The fraction of sp³-hybridized carbons (Fsp3) is 1.00. The number of hydrogen-bond donors (Lipinski definition) is 0. The molecule has 0 amide bonds. The Hall–Kier alpha value is 0.970. The lowest BCUT2D eigenvalue weighted by Crippen LogP contribution is -1.85. The van der Waals surface area contributed by atoms with Crippen LogP contribution in [0.3, 0.4) is 0 Å². The highest BCUT2D eigenvalue weighted by molar-refractivity contribution is 7.56. The Bertz CT molecular complexity index is 49.3. The summed E-state index contributed by atoms with van der Waals surface area (Å²) in [6.07, 6.45) is 0. The predicted molar refractivity (Wildman–Crippen MR) is 40.0 cm³/mol. The van der Waals surface area contributed by atoms with Crippen LogP contribution in [0.15, 0.2) is 0 Å². The Morgan fingerprint density at radius 3 is 2.00 bits per heavy atom. The minimum Gasteiger partial charge on any atom is -0.357 e. The van der Waals surface area contributed by atoms with E-state index in [1.54, 1.807) is 0 Å². The van der Waals surface area contributed by atoms with Crippen LogP contribution < -0.4 is 0 Å². The van der Waals surface area contributed by atoms with E-state index in [1.165, 1.54) is 0 Å². The summed E-state index contributed by atoms with van der Waals surface area (Å²) in [7, 11) is -0.525. The molecule has 0 heterocycles. The van der Waals surface area contributed by atoms with E-state index in [0.29, 0.717) is 17.8 Å². The first kappa shape index (κ1) is 8.97. The van der Waals surface area contributed by atoms with Crippen LogP contribution in [-0.4, -0.2) is 17.8 Å². The van der Waals surface area contributed by atoms with Gasteiger partial charge in [-0.3, -0.25) is 0 Å². The Balaban J connectivity index is 3.07. The standard InChI is InChI=1S/C4H9Cl2OP/c1-2-7-8(3-5)4-6/h2-4H2,1H3. The smallest absolute Gasteiger partial charge is 0.0679 e. The molecule has 0 aliphatic heterocycles. The Labute approximate surface area is 61.1 Å². The second-order valence-electron chi connectivity index (χ2n) is 1.14. The third kappa shape index (κ3) is 3.91. The van der Waals surface area contributed by atoms with Crippen LogP contribution >= 0.6 is 31.4 Å². The van der Waals surface area contributed by atoms with Crippen LogP contribution in [-0.2, 0) is 4.52 Å². The van der Waals surface area contributed by atoms with Crippen molar-refractivity contribution < 1.29 is 4.52 Å². The summed E-state index contributed by atoms with van der Waals surface area (Å²) in [5.74, 6) is 0. The van der Waals surface area contributed by atoms with Crippen molar-refractivity contribution in [1.82, 2.24) is 0 Å². The lowest BCUT2D eigenvalue weighted by atomic mass is 10.9. The molecule has 0 saturated heterocycles. The minimum absolute atomic E-state index is 0.525. The molecule has 0 spiro atoms. The molecule has 0 aromatic carbocycles. The van der Waals surface area contributed by atoms with Gasteiger partial charge in [-0.05, 0) is 6.92 Å². The quantitative estimate of drug-likeness (QED) is 0.471. The molecule has 4 heteroatoms. The molecule has 50 valence electrons. The molecular formula is C4H9Cl2OP. The van der Waals surface area contributed by atoms with E-state index in [9.17, 15) is 0 Å². The summed E-state index contributed by atoms with van der Waals surface area (Å²) in [5.41, 5.74) is 1.10. The second-order valence-corrected chi connectivity index (χ2v) is 4.27. The van der Waals surface area contributed by atoms with Gasteiger partial charge in [0.15, 0.2) is 0 Å². The van der Waals surface area contributed by atoms with Gasteiger partial charge in [0.2, 0.25) is 0 Å². The lowest BCUT2D eigenvalue weighted by Gasteiger charge is -2.07. The minimum atomic E-state index is -0.525. The summed E-state index contributed by atoms with van der Waals surface area (Å²) in [6.45, 7) is 2.65. The topological polar surface area (TPSA) is 9.23 Å². The maximum atomic E-state index is 5.47. The van der Waals surface area contributed by atoms with Crippen LogP contribution in [0.2, 0.25) is 0 Å². The van der Waals surface area contributed by atoms with E-state index >= 15 is 0 Å². The van der Waals surface area contributed by atoms with Gasteiger partial charge in [0.25, 0.3) is 0 Å². The van der Waals surface area contributed by atoms with Gasteiger partial charge in [-0.15, -0.1) is 23.2 Å². The number of alkyl halides is 2. The molecule has 1 nitrogen and oxygen atoms in total. The molecule has 0 aliphatic carbocycles. The Kier molecular flexibility index (Phi) is 6.83. The van der Waals surface area contributed by atoms with Crippen molar-refractivity contribution in [1.29, 1.82) is 0 Å². The molecule has 0 aromatic rings. The van der Waals surface area contributed by atoms with Crippen molar-refractivity contribution >= 4 is 31.4 Å². The van der Waals surface area contributed by atoms with E-state index in [-0.39, 0.29) is 0 Å². The van der Waals surface area contributed by atoms with Gasteiger partial charge in [-0.25, -0.2) is 0 Å². The zero-order valence-electron chi connectivity index (χ0n) is 4.73. The average molecular weight is 175 g/mol. The van der Waals surface area contributed by atoms with Crippen molar-refractivity contribution in [3.05, 3.63) is 0 Å². The summed E-state index contributed by atoms with van der Waals surface area (Å²) in [4.78, 5) is 0. The van der Waals surface area contributed by atoms with E-state index in [4.69, 9.17) is 27.7 Å². The van der Waals surface area contributed by atoms with Crippen molar-refractivity contribution in [2.45, 2.75) is 6.92 Å². The first-order chi connectivity index (χ1) is 3.85. The summed E-state index contributed by atoms with van der Waals surface area (Å²) in [6, 6.07) is 0. The van der Waals surface area contributed by atoms with Crippen molar-refractivity contribution in [3.8, 4) is 0 Å². The monoisotopic (exact) mass is 174 g/mol. The van der Waals surface area contributed by atoms with Crippen molar-refractivity contribution in [3.63, 3.8) is 0 Å². The molecule has 0 aromatic heterocycles. The average Bonchev–Trinajstić information content (AvgIpc) is 1.83. The number of halogens is 2. The van der Waals surface area contributed by atoms with Gasteiger partial charge in [0, 0.05) is 6.61 Å². The zero-order chi connectivity index (χ0) is 6.41. The van der Waals surface area contributed by atoms with Crippen LogP contribution in [0.4, 0.5) is 0 Å². The third-order valence-electron chi connectivity index (χ3n) is 0.578. The lowest BCUT2D eigenvalue weighted by molar-refractivity contribution is 0.382. The van der Waals surface area contributed by atoms with Gasteiger partial charge >= 0.3 is 0 Å². The number of hydrogen-bond acceptors (Lipinski definition) is 1. The molecule has 0 bridgehead atoms. The zero-order valence-corrected chi connectivity index (χ0v) is 7.14. The van der Waals surface area contributed by atoms with E-state index in [2.05, 4.69) is 0 Å². The van der Waals surface area contributed by atoms with E-state index in [1.807, 2.05) is 6.92 Å². The SMILES string of the molecule is CCOP(CCl)CCl. The van der Waals surface area contributed by atoms with Crippen LogP contribution in [0.25, 0.3) is 0 Å². The molecule has 0 N–H and O–H groups in total. The fourth-order valence-electron chi connectivity index (χ4n) is 0.284. The van der Waals surface area contributed by atoms with Gasteiger partial charge < -0.3 is 4.52 Å². The molecule has 0 saturated carbocycles. The highest BCUT2D eigenvalue weighted by Crippen LogP contribution is 2.38. The van der Waals surface area contributed by atoms with Crippen LogP contribution in [0.1, 0.15) is 6.92 Å². The van der Waals surface area contributed by atoms with Crippen LogP contribution in [0.5, 0.6) is 0 Å². The molecule has 0 fully saturated rings. The molecule has 0 radical (unpaired) electrons. The molecule has 8 heavy (non-hydrogen) atoms. The summed E-state index contributed by atoms with van der Waals surface area (Å²) >= 11 is 10.9. The van der Waals surface area contributed by atoms with Gasteiger partial charge in [-0.2, -0.15) is 0 Å². The Morgan fingerprint density at radius 1 is 1.38 bits per heavy atom.